The summed E-state index contributed by atoms with van der Waals surface area (Å²) < 4.78 is 35.5. The third-order valence-corrected chi connectivity index (χ3v) is 1.95. The van der Waals surface area contributed by atoms with Crippen LogP contribution in [0.25, 0.3) is 0 Å². The molecule has 59 valence electrons. The van der Waals surface area contributed by atoms with E-state index in [4.69, 9.17) is 0 Å². The number of rotatable bonds is 1. The summed E-state index contributed by atoms with van der Waals surface area (Å²) in [6.07, 6.45) is -3.65. The fraction of sp³-hybridized carbons (Fsp3) is 0.857. The molecule has 1 saturated carbocycles. The van der Waals surface area contributed by atoms with E-state index in [0.29, 0.717) is 6.42 Å². The monoisotopic (exact) mass is 151 g/mol. The van der Waals surface area contributed by atoms with E-state index in [1.165, 1.54) is 0 Å². The van der Waals surface area contributed by atoms with Gasteiger partial charge in [-0.1, -0.05) is 13.8 Å². The molecule has 2 atom stereocenters. The quantitative estimate of drug-likeness (QED) is 0.540. The lowest BCUT2D eigenvalue weighted by molar-refractivity contribution is -0.150. The van der Waals surface area contributed by atoms with Crippen molar-refractivity contribution < 1.29 is 13.2 Å². The third kappa shape index (κ3) is 1.44. The van der Waals surface area contributed by atoms with E-state index in [9.17, 15) is 13.2 Å². The van der Waals surface area contributed by atoms with Crippen LogP contribution < -0.4 is 0 Å². The van der Waals surface area contributed by atoms with Gasteiger partial charge in [0.15, 0.2) is 0 Å². The van der Waals surface area contributed by atoms with Crippen molar-refractivity contribution in [2.24, 2.45) is 11.8 Å². The molecule has 1 radical (unpaired) electrons. The van der Waals surface area contributed by atoms with Crippen LogP contribution in [-0.2, 0) is 0 Å². The molecule has 0 heterocycles. The van der Waals surface area contributed by atoms with Gasteiger partial charge in [0.1, 0.15) is 0 Å². The molecule has 3 heteroatoms. The van der Waals surface area contributed by atoms with E-state index >= 15 is 0 Å². The zero-order valence-electron chi connectivity index (χ0n) is 6.00. The highest BCUT2D eigenvalue weighted by atomic mass is 19.4. The Balaban J connectivity index is 2.39. The van der Waals surface area contributed by atoms with Crippen molar-refractivity contribution in [2.75, 3.05) is 0 Å². The molecule has 0 aromatic carbocycles. The van der Waals surface area contributed by atoms with E-state index < -0.39 is 12.1 Å². The first kappa shape index (κ1) is 7.89. The number of halogens is 3. The zero-order chi connectivity index (χ0) is 7.94. The average molecular weight is 151 g/mol. The predicted molar refractivity (Wildman–Crippen MR) is 32.2 cm³/mol. The minimum Gasteiger partial charge on any atom is -0.171 e. The first-order chi connectivity index (χ1) is 4.43. The van der Waals surface area contributed by atoms with Crippen molar-refractivity contribution in [1.82, 2.24) is 0 Å². The summed E-state index contributed by atoms with van der Waals surface area (Å²) in [5, 5.41) is 0. The molecule has 2 unspecified atom stereocenters. The van der Waals surface area contributed by atoms with Crippen LogP contribution in [-0.4, -0.2) is 6.18 Å². The Bertz CT molecular complexity index is 125. The van der Waals surface area contributed by atoms with Gasteiger partial charge in [-0.05, 0) is 18.3 Å². The Labute approximate surface area is 58.4 Å². The van der Waals surface area contributed by atoms with Crippen LogP contribution in [0.4, 0.5) is 13.2 Å². The minimum absolute atomic E-state index is 0.181. The molecule has 1 rings (SSSR count). The van der Waals surface area contributed by atoms with Gasteiger partial charge in [0.2, 0.25) is 0 Å². The molecule has 0 aromatic heterocycles. The van der Waals surface area contributed by atoms with Gasteiger partial charge in [0.05, 0.1) is 5.92 Å². The highest BCUT2D eigenvalue weighted by Crippen LogP contribution is 2.54. The van der Waals surface area contributed by atoms with Gasteiger partial charge < -0.3 is 0 Å². The van der Waals surface area contributed by atoms with Gasteiger partial charge >= 0.3 is 6.18 Å². The second kappa shape index (κ2) is 2.14. The van der Waals surface area contributed by atoms with Gasteiger partial charge in [-0.3, -0.25) is 0 Å². The predicted octanol–water partition coefficient (Wildman–Crippen LogP) is 2.80. The van der Waals surface area contributed by atoms with Gasteiger partial charge in [-0.15, -0.1) is 0 Å². The Morgan fingerprint density at radius 1 is 1.30 bits per heavy atom. The maximum atomic E-state index is 11.8. The lowest BCUT2D eigenvalue weighted by atomic mass is 10.1. The topological polar surface area (TPSA) is 0 Å². The molecular weight excluding hydrogens is 141 g/mol. The second-order valence-corrected chi connectivity index (χ2v) is 3.07. The van der Waals surface area contributed by atoms with Crippen molar-refractivity contribution in [3.63, 3.8) is 0 Å². The summed E-state index contributed by atoms with van der Waals surface area (Å²) in [5.41, 5.74) is 0. The molecule has 1 fully saturated rings. The number of hydrogen-bond donors (Lipinski definition) is 0. The zero-order valence-corrected chi connectivity index (χ0v) is 6.00. The largest absolute Gasteiger partial charge is 0.392 e. The first-order valence-corrected chi connectivity index (χ1v) is 3.29. The molecule has 0 aliphatic heterocycles. The molecule has 0 saturated heterocycles. The maximum Gasteiger partial charge on any atom is 0.392 e. The summed E-state index contributed by atoms with van der Waals surface area (Å²) in [4.78, 5) is 0. The van der Waals surface area contributed by atoms with Gasteiger partial charge in [-0.2, -0.15) is 13.2 Å². The number of hydrogen-bond acceptors (Lipinski definition) is 0. The second-order valence-electron chi connectivity index (χ2n) is 3.07. The Hall–Kier alpha value is -0.210. The van der Waals surface area contributed by atoms with Gasteiger partial charge in [0.25, 0.3) is 0 Å². The molecule has 0 amide bonds. The van der Waals surface area contributed by atoms with Crippen molar-refractivity contribution >= 4 is 0 Å². The molecule has 0 N–H and O–H groups in total. The highest BCUT2D eigenvalue weighted by molar-refractivity contribution is 5.05. The highest BCUT2D eigenvalue weighted by Gasteiger charge is 2.56. The van der Waals surface area contributed by atoms with E-state index in [0.717, 1.165) is 5.92 Å². The van der Waals surface area contributed by atoms with Crippen molar-refractivity contribution in [3.8, 4) is 0 Å². The molecule has 10 heavy (non-hydrogen) atoms. The van der Waals surface area contributed by atoms with Crippen LogP contribution in [0.1, 0.15) is 20.3 Å². The van der Waals surface area contributed by atoms with Crippen LogP contribution in [0, 0.1) is 17.8 Å². The van der Waals surface area contributed by atoms with E-state index in [-0.39, 0.29) is 5.92 Å². The van der Waals surface area contributed by atoms with E-state index in [1.807, 2.05) is 0 Å². The van der Waals surface area contributed by atoms with Crippen LogP contribution in [0.15, 0.2) is 0 Å². The SMILES string of the molecule is C[C](C)C1CC1C(F)(F)F. The Kier molecular flexibility index (Phi) is 1.69. The molecule has 0 spiro atoms. The smallest absolute Gasteiger partial charge is 0.171 e. The summed E-state index contributed by atoms with van der Waals surface area (Å²) in [7, 11) is 0. The van der Waals surface area contributed by atoms with Crippen molar-refractivity contribution in [1.29, 1.82) is 0 Å². The lowest BCUT2D eigenvalue weighted by Crippen LogP contribution is -2.12. The molecular formula is C7H10F3. The van der Waals surface area contributed by atoms with Gasteiger partial charge in [0, 0.05) is 0 Å². The minimum atomic E-state index is -3.96. The normalized spacial score (nSPS) is 33.0. The summed E-state index contributed by atoms with van der Waals surface area (Å²) in [6, 6.07) is 0. The molecule has 1 aliphatic rings. The average Bonchev–Trinajstić information content (AvgIpc) is 2.35. The Morgan fingerprint density at radius 3 is 1.90 bits per heavy atom. The lowest BCUT2D eigenvalue weighted by Gasteiger charge is -2.05. The maximum absolute atomic E-state index is 11.8. The molecule has 0 nitrogen and oxygen atoms in total. The third-order valence-electron chi connectivity index (χ3n) is 1.95. The van der Waals surface area contributed by atoms with Crippen LogP contribution >= 0.6 is 0 Å². The molecule has 0 aromatic rings. The molecule has 1 aliphatic carbocycles. The van der Waals surface area contributed by atoms with Crippen LogP contribution in [0.2, 0.25) is 0 Å². The standard InChI is InChI=1S/C7H10F3/c1-4(2)5-3-6(5)7(8,9)10/h5-6H,3H2,1-2H3. The first-order valence-electron chi connectivity index (χ1n) is 3.29. The van der Waals surface area contributed by atoms with Gasteiger partial charge in [-0.25, -0.2) is 0 Å². The summed E-state index contributed by atoms with van der Waals surface area (Å²) >= 11 is 0. The van der Waals surface area contributed by atoms with Crippen molar-refractivity contribution in [2.45, 2.75) is 26.4 Å². The fourth-order valence-corrected chi connectivity index (χ4v) is 1.19. The van der Waals surface area contributed by atoms with Crippen LogP contribution in [0.3, 0.4) is 0 Å². The van der Waals surface area contributed by atoms with E-state index in [1.54, 1.807) is 13.8 Å². The van der Waals surface area contributed by atoms with Crippen LogP contribution in [0.5, 0.6) is 0 Å². The summed E-state index contributed by atoms with van der Waals surface area (Å²) in [6.45, 7) is 3.52. The Morgan fingerprint density at radius 2 is 1.80 bits per heavy atom. The van der Waals surface area contributed by atoms with Crippen molar-refractivity contribution in [3.05, 3.63) is 5.92 Å². The number of alkyl halides is 3. The fourth-order valence-electron chi connectivity index (χ4n) is 1.19. The molecule has 0 bridgehead atoms. The van der Waals surface area contributed by atoms with E-state index in [2.05, 4.69) is 0 Å². The summed E-state index contributed by atoms with van der Waals surface area (Å²) in [5.74, 6) is -0.306.